The molecule has 1 atom stereocenters. The number of aliphatic carboxylic acids is 1. The van der Waals surface area contributed by atoms with Gasteiger partial charge in [-0.15, -0.1) is 0 Å². The number of aromatic nitrogens is 2. The van der Waals surface area contributed by atoms with Gasteiger partial charge in [-0.2, -0.15) is 5.10 Å². The summed E-state index contributed by atoms with van der Waals surface area (Å²) in [7, 11) is 0. The zero-order valence-electron chi connectivity index (χ0n) is 11.8. The average Bonchev–Trinajstić information content (AvgIpc) is 2.55. The van der Waals surface area contributed by atoms with Crippen LogP contribution in [0.4, 0.5) is 0 Å². The average molecular weight is 253 g/mol. The lowest BCUT2D eigenvalue weighted by molar-refractivity contribution is -0.140. The number of hydrogen-bond acceptors (Lipinski definition) is 3. The first kappa shape index (κ1) is 14.7. The monoisotopic (exact) mass is 253 g/mol. The third-order valence-corrected chi connectivity index (χ3v) is 3.05. The quantitative estimate of drug-likeness (QED) is 0.812. The normalized spacial score (nSPS) is 13.0. The van der Waals surface area contributed by atoms with Gasteiger partial charge in [0.2, 0.25) is 0 Å². The third kappa shape index (κ3) is 3.32. The second-order valence-electron chi connectivity index (χ2n) is 5.13. The lowest BCUT2D eigenvalue weighted by Gasteiger charge is -2.10. The highest BCUT2D eigenvalue weighted by Gasteiger charge is 2.19. The van der Waals surface area contributed by atoms with Crippen LogP contribution in [0.15, 0.2) is 0 Å². The number of carbonyl (C=O) groups is 1. The van der Waals surface area contributed by atoms with Crippen molar-refractivity contribution in [1.82, 2.24) is 15.1 Å². The van der Waals surface area contributed by atoms with Crippen LogP contribution in [-0.4, -0.2) is 27.4 Å². The zero-order valence-corrected chi connectivity index (χ0v) is 11.8. The van der Waals surface area contributed by atoms with Crippen molar-refractivity contribution in [2.45, 2.75) is 47.2 Å². The van der Waals surface area contributed by atoms with Gasteiger partial charge >= 0.3 is 5.97 Å². The molecule has 5 nitrogen and oxygen atoms in total. The van der Waals surface area contributed by atoms with E-state index in [2.05, 4.69) is 24.3 Å². The molecule has 1 aromatic heterocycles. The van der Waals surface area contributed by atoms with Crippen LogP contribution >= 0.6 is 0 Å². The van der Waals surface area contributed by atoms with E-state index in [1.165, 1.54) is 0 Å². The maximum absolute atomic E-state index is 11.0. The highest BCUT2D eigenvalue weighted by atomic mass is 16.4. The summed E-state index contributed by atoms with van der Waals surface area (Å²) in [5, 5.41) is 16.7. The number of carboxylic acids is 1. The van der Waals surface area contributed by atoms with Crippen LogP contribution in [0.3, 0.4) is 0 Å². The summed E-state index contributed by atoms with van der Waals surface area (Å²) in [5.74, 6) is -0.263. The van der Waals surface area contributed by atoms with Crippen LogP contribution in [-0.2, 0) is 11.3 Å². The number of carboxylic acid groups (broad SMARTS) is 1. The molecule has 102 valence electrons. The summed E-state index contributed by atoms with van der Waals surface area (Å²) >= 11 is 0. The van der Waals surface area contributed by atoms with Gasteiger partial charge in [0.05, 0.1) is 5.69 Å². The van der Waals surface area contributed by atoms with Crippen LogP contribution in [0.1, 0.15) is 43.8 Å². The predicted octanol–water partition coefficient (Wildman–Crippen LogP) is 1.89. The molecule has 5 heteroatoms. The molecule has 0 fully saturated rings. The first-order valence-corrected chi connectivity index (χ1v) is 6.32. The summed E-state index contributed by atoms with van der Waals surface area (Å²) in [6.07, 6.45) is 0. The van der Waals surface area contributed by atoms with Crippen LogP contribution in [0, 0.1) is 19.8 Å². The molecule has 2 N–H and O–H groups in total. The summed E-state index contributed by atoms with van der Waals surface area (Å²) in [6.45, 7) is 11.5. The number of nitrogens with zero attached hydrogens (tertiary/aromatic N) is 2. The Morgan fingerprint density at radius 3 is 2.50 bits per heavy atom. The Morgan fingerprint density at radius 2 is 2.00 bits per heavy atom. The van der Waals surface area contributed by atoms with Gasteiger partial charge < -0.3 is 10.4 Å². The molecule has 1 rings (SSSR count). The van der Waals surface area contributed by atoms with Gasteiger partial charge in [0.1, 0.15) is 6.04 Å². The molecule has 0 aliphatic carbocycles. The van der Waals surface area contributed by atoms with E-state index in [1.54, 1.807) is 11.6 Å². The molecule has 0 bridgehead atoms. The second-order valence-corrected chi connectivity index (χ2v) is 5.13. The van der Waals surface area contributed by atoms with Crippen molar-refractivity contribution >= 4 is 5.97 Å². The van der Waals surface area contributed by atoms with E-state index in [0.29, 0.717) is 5.92 Å². The molecule has 0 radical (unpaired) electrons. The van der Waals surface area contributed by atoms with E-state index < -0.39 is 12.0 Å². The molecule has 0 aliphatic heterocycles. The standard InChI is InChI=1S/C13H23N3O2/c1-8(2)6-14-7-12-9(3)15-16(10(12)4)11(5)13(17)18/h8,11,14H,6-7H2,1-5H3,(H,17,18). The number of hydrogen-bond donors (Lipinski definition) is 2. The van der Waals surface area contributed by atoms with E-state index >= 15 is 0 Å². The smallest absolute Gasteiger partial charge is 0.328 e. The van der Waals surface area contributed by atoms with E-state index in [0.717, 1.165) is 30.0 Å². The van der Waals surface area contributed by atoms with Gasteiger partial charge in [-0.1, -0.05) is 13.8 Å². The van der Waals surface area contributed by atoms with Gasteiger partial charge in [0, 0.05) is 17.8 Å². The summed E-state index contributed by atoms with van der Waals surface area (Å²) in [4.78, 5) is 11.0. The first-order valence-electron chi connectivity index (χ1n) is 6.32. The minimum absolute atomic E-state index is 0.596. The van der Waals surface area contributed by atoms with Crippen molar-refractivity contribution in [2.24, 2.45) is 5.92 Å². The Kier molecular flexibility index (Phi) is 4.90. The molecule has 1 heterocycles. The fourth-order valence-corrected chi connectivity index (χ4v) is 1.92. The van der Waals surface area contributed by atoms with Crippen molar-refractivity contribution < 1.29 is 9.90 Å². The first-order chi connectivity index (χ1) is 8.34. The molecule has 0 aromatic carbocycles. The SMILES string of the molecule is Cc1nn(C(C)C(=O)O)c(C)c1CNCC(C)C. The molecule has 18 heavy (non-hydrogen) atoms. The van der Waals surface area contributed by atoms with Gasteiger partial charge in [-0.05, 0) is 33.2 Å². The highest BCUT2D eigenvalue weighted by molar-refractivity contribution is 5.71. The van der Waals surface area contributed by atoms with Gasteiger partial charge in [-0.3, -0.25) is 4.68 Å². The van der Waals surface area contributed by atoms with Crippen LogP contribution < -0.4 is 5.32 Å². The summed E-state index contributed by atoms with van der Waals surface area (Å²) < 4.78 is 1.59. The largest absolute Gasteiger partial charge is 0.480 e. The Balaban J connectivity index is 2.84. The lowest BCUT2D eigenvalue weighted by atomic mass is 10.1. The van der Waals surface area contributed by atoms with Crippen molar-refractivity contribution in [1.29, 1.82) is 0 Å². The molecule has 1 aromatic rings. The van der Waals surface area contributed by atoms with Gasteiger partial charge in [-0.25, -0.2) is 4.79 Å². The van der Waals surface area contributed by atoms with E-state index in [-0.39, 0.29) is 0 Å². The van der Waals surface area contributed by atoms with Crippen molar-refractivity contribution in [3.8, 4) is 0 Å². The Bertz CT molecular complexity index is 424. The fourth-order valence-electron chi connectivity index (χ4n) is 1.92. The molecular weight excluding hydrogens is 230 g/mol. The van der Waals surface area contributed by atoms with Crippen molar-refractivity contribution in [3.63, 3.8) is 0 Å². The number of aryl methyl sites for hydroxylation is 1. The molecule has 0 saturated heterocycles. The maximum Gasteiger partial charge on any atom is 0.328 e. The Morgan fingerprint density at radius 1 is 1.39 bits per heavy atom. The number of rotatable bonds is 6. The van der Waals surface area contributed by atoms with Crippen LogP contribution in [0.5, 0.6) is 0 Å². The second kappa shape index (κ2) is 6.00. The lowest BCUT2D eigenvalue weighted by Crippen LogP contribution is -2.20. The summed E-state index contributed by atoms with van der Waals surface area (Å²) in [6, 6.07) is -0.623. The van der Waals surface area contributed by atoms with Crippen molar-refractivity contribution in [3.05, 3.63) is 17.0 Å². The van der Waals surface area contributed by atoms with E-state index in [4.69, 9.17) is 5.11 Å². The minimum atomic E-state index is -0.859. The fraction of sp³-hybridized carbons (Fsp3) is 0.692. The van der Waals surface area contributed by atoms with Crippen LogP contribution in [0.2, 0.25) is 0 Å². The highest BCUT2D eigenvalue weighted by Crippen LogP contribution is 2.17. The zero-order chi connectivity index (χ0) is 13.9. The molecule has 0 amide bonds. The molecular formula is C13H23N3O2. The third-order valence-electron chi connectivity index (χ3n) is 3.05. The number of nitrogens with one attached hydrogen (secondary N) is 1. The van der Waals surface area contributed by atoms with Gasteiger partial charge in [0.15, 0.2) is 0 Å². The maximum atomic E-state index is 11.0. The van der Waals surface area contributed by atoms with E-state index in [1.807, 2.05) is 13.8 Å². The van der Waals surface area contributed by atoms with Crippen LogP contribution in [0.25, 0.3) is 0 Å². The molecule has 1 unspecified atom stereocenters. The topological polar surface area (TPSA) is 67.2 Å². The molecule has 0 saturated carbocycles. The Hall–Kier alpha value is -1.36. The minimum Gasteiger partial charge on any atom is -0.480 e. The Labute approximate surface area is 108 Å². The predicted molar refractivity (Wildman–Crippen MR) is 70.6 cm³/mol. The van der Waals surface area contributed by atoms with E-state index in [9.17, 15) is 4.79 Å². The molecule has 0 spiro atoms. The summed E-state index contributed by atoms with van der Waals surface area (Å²) in [5.41, 5.74) is 2.93. The van der Waals surface area contributed by atoms with Gasteiger partial charge in [0.25, 0.3) is 0 Å². The molecule has 0 aliphatic rings. The van der Waals surface area contributed by atoms with Crippen molar-refractivity contribution in [2.75, 3.05) is 6.54 Å².